The summed E-state index contributed by atoms with van der Waals surface area (Å²) in [6.45, 7) is 7.91. The number of nitrogens with zero attached hydrogens (tertiary/aromatic N) is 2. The SMILES string of the molecule is CC1=C(N)C=C2CCN(Sc3ccc(N4CCOCC4)cc3)CC2(Cc2ccccc2)C1.CN. The second kappa shape index (κ2) is 11.5. The molecule has 0 radical (unpaired) electrons. The molecule has 2 aromatic carbocycles. The molecular weight excluding hydrogens is 440 g/mol. The van der Waals surface area contributed by atoms with Gasteiger partial charge in [0.05, 0.1) is 13.2 Å². The van der Waals surface area contributed by atoms with E-state index in [9.17, 15) is 0 Å². The van der Waals surface area contributed by atoms with Crippen molar-refractivity contribution in [1.82, 2.24) is 4.31 Å². The normalized spacial score (nSPS) is 23.0. The van der Waals surface area contributed by atoms with Crippen LogP contribution in [0.5, 0.6) is 0 Å². The van der Waals surface area contributed by atoms with Gasteiger partial charge in [-0.1, -0.05) is 35.9 Å². The number of hydrogen-bond acceptors (Lipinski definition) is 6. The first-order valence-corrected chi connectivity index (χ1v) is 13.0. The van der Waals surface area contributed by atoms with Crippen LogP contribution in [0.4, 0.5) is 5.69 Å². The number of rotatable bonds is 5. The van der Waals surface area contributed by atoms with Gasteiger partial charge in [-0.15, -0.1) is 0 Å². The summed E-state index contributed by atoms with van der Waals surface area (Å²) < 4.78 is 8.06. The van der Waals surface area contributed by atoms with Crippen LogP contribution in [0.25, 0.3) is 0 Å². The van der Waals surface area contributed by atoms with Crippen LogP contribution in [0.1, 0.15) is 25.3 Å². The van der Waals surface area contributed by atoms with E-state index in [2.05, 4.69) is 82.5 Å². The molecule has 4 N–H and O–H groups in total. The Bertz CT molecular complexity index is 999. The fourth-order valence-electron chi connectivity index (χ4n) is 5.33. The Balaban J connectivity index is 0.00000133. The predicted octanol–water partition coefficient (Wildman–Crippen LogP) is 4.60. The average molecular weight is 479 g/mol. The highest BCUT2D eigenvalue weighted by Crippen LogP contribution is 2.48. The molecule has 3 aliphatic rings. The molecule has 1 unspecified atom stereocenters. The molecule has 2 heterocycles. The van der Waals surface area contributed by atoms with E-state index in [4.69, 9.17) is 10.5 Å². The largest absolute Gasteiger partial charge is 0.399 e. The molecule has 0 saturated carbocycles. The van der Waals surface area contributed by atoms with E-state index in [0.29, 0.717) is 0 Å². The topological polar surface area (TPSA) is 67.8 Å². The van der Waals surface area contributed by atoms with E-state index in [1.165, 1.54) is 34.3 Å². The van der Waals surface area contributed by atoms with Gasteiger partial charge in [-0.05, 0) is 86.7 Å². The van der Waals surface area contributed by atoms with Gasteiger partial charge in [-0.25, -0.2) is 4.31 Å². The van der Waals surface area contributed by atoms with Crippen LogP contribution in [-0.2, 0) is 11.2 Å². The maximum atomic E-state index is 6.34. The van der Waals surface area contributed by atoms with Crippen molar-refractivity contribution in [2.24, 2.45) is 16.9 Å². The summed E-state index contributed by atoms with van der Waals surface area (Å²) in [7, 11) is 1.50. The molecule has 2 aromatic rings. The van der Waals surface area contributed by atoms with Gasteiger partial charge in [-0.3, -0.25) is 0 Å². The highest BCUT2D eigenvalue weighted by molar-refractivity contribution is 7.97. The Morgan fingerprint density at radius 2 is 1.68 bits per heavy atom. The van der Waals surface area contributed by atoms with Crippen LogP contribution in [0, 0.1) is 5.41 Å². The Hall–Kier alpha value is -2.25. The van der Waals surface area contributed by atoms with Crippen LogP contribution in [0.3, 0.4) is 0 Å². The number of piperidine rings is 1. The zero-order chi connectivity index (χ0) is 24.0. The molecule has 6 heteroatoms. The van der Waals surface area contributed by atoms with Gasteiger partial charge in [0, 0.05) is 47.9 Å². The fraction of sp³-hybridized carbons (Fsp3) is 0.429. The van der Waals surface area contributed by atoms with Crippen molar-refractivity contribution in [1.29, 1.82) is 0 Å². The number of morpholine rings is 1. The molecule has 0 bridgehead atoms. The van der Waals surface area contributed by atoms with E-state index in [0.717, 1.165) is 64.4 Å². The van der Waals surface area contributed by atoms with Crippen molar-refractivity contribution >= 4 is 17.6 Å². The molecule has 0 amide bonds. The Labute approximate surface area is 209 Å². The minimum absolute atomic E-state index is 0.132. The van der Waals surface area contributed by atoms with Gasteiger partial charge in [0.15, 0.2) is 0 Å². The lowest BCUT2D eigenvalue weighted by Gasteiger charge is -2.47. The van der Waals surface area contributed by atoms with Crippen molar-refractivity contribution in [2.45, 2.75) is 31.1 Å². The van der Waals surface area contributed by atoms with E-state index < -0.39 is 0 Å². The number of anilines is 1. The van der Waals surface area contributed by atoms with E-state index in [-0.39, 0.29) is 5.41 Å². The summed E-state index contributed by atoms with van der Waals surface area (Å²) in [6.07, 6.45) is 5.48. The summed E-state index contributed by atoms with van der Waals surface area (Å²) in [5.74, 6) is 0. The fourth-order valence-corrected chi connectivity index (χ4v) is 6.38. The summed E-state index contributed by atoms with van der Waals surface area (Å²) in [5, 5.41) is 0. The maximum Gasteiger partial charge on any atom is 0.0642 e. The van der Waals surface area contributed by atoms with E-state index >= 15 is 0 Å². The van der Waals surface area contributed by atoms with Crippen molar-refractivity contribution < 1.29 is 4.74 Å². The number of hydrogen-bond donors (Lipinski definition) is 2. The molecule has 182 valence electrons. The van der Waals surface area contributed by atoms with Crippen molar-refractivity contribution in [3.63, 3.8) is 0 Å². The van der Waals surface area contributed by atoms with Crippen LogP contribution in [0.2, 0.25) is 0 Å². The van der Waals surface area contributed by atoms with Gasteiger partial charge >= 0.3 is 0 Å². The number of nitrogens with two attached hydrogens (primary N) is 2. The molecule has 2 saturated heterocycles. The monoisotopic (exact) mass is 478 g/mol. The molecule has 1 aliphatic carbocycles. The molecule has 34 heavy (non-hydrogen) atoms. The number of fused-ring (bicyclic) bond motifs is 1. The van der Waals surface area contributed by atoms with Crippen molar-refractivity contribution in [3.8, 4) is 0 Å². The summed E-state index contributed by atoms with van der Waals surface area (Å²) in [5.41, 5.74) is 17.5. The minimum Gasteiger partial charge on any atom is -0.399 e. The number of benzene rings is 2. The first-order valence-electron chi connectivity index (χ1n) is 12.2. The molecule has 0 aromatic heterocycles. The average Bonchev–Trinajstić information content (AvgIpc) is 2.88. The highest BCUT2D eigenvalue weighted by Gasteiger charge is 2.42. The van der Waals surface area contributed by atoms with E-state index in [1.807, 2.05) is 11.9 Å². The van der Waals surface area contributed by atoms with Crippen molar-refractivity contribution in [2.75, 3.05) is 51.3 Å². The first-order chi connectivity index (χ1) is 16.6. The van der Waals surface area contributed by atoms with Gasteiger partial charge < -0.3 is 21.1 Å². The zero-order valence-corrected chi connectivity index (χ0v) is 21.3. The number of allylic oxidation sites excluding steroid dienone is 2. The first kappa shape index (κ1) is 24.9. The lowest BCUT2D eigenvalue weighted by Crippen LogP contribution is -2.45. The second-order valence-electron chi connectivity index (χ2n) is 9.32. The molecule has 2 aliphatic heterocycles. The smallest absolute Gasteiger partial charge is 0.0642 e. The van der Waals surface area contributed by atoms with Gasteiger partial charge in [0.25, 0.3) is 0 Å². The quantitative estimate of drug-likeness (QED) is 0.612. The standard InChI is InChI=1S/C27H33N3OS.CH5N/c1-21-18-27(19-22-5-3-2-4-6-22)20-30(12-11-23(27)17-26(21)28)32-25-9-7-24(8-10-25)29-13-15-31-16-14-29;1-2/h2-10,17H,11-16,18-20,28H2,1H3;2H2,1H3. The van der Waals surface area contributed by atoms with Gasteiger partial charge in [-0.2, -0.15) is 0 Å². The Morgan fingerprint density at radius 3 is 2.38 bits per heavy atom. The third kappa shape index (κ3) is 5.69. The molecular formula is C28H38N4OS. The zero-order valence-electron chi connectivity index (χ0n) is 20.5. The van der Waals surface area contributed by atoms with Gasteiger partial charge in [0.2, 0.25) is 0 Å². The second-order valence-corrected chi connectivity index (χ2v) is 10.5. The highest BCUT2D eigenvalue weighted by atomic mass is 32.2. The summed E-state index contributed by atoms with van der Waals surface area (Å²) in [4.78, 5) is 3.72. The van der Waals surface area contributed by atoms with Crippen LogP contribution >= 0.6 is 11.9 Å². The van der Waals surface area contributed by atoms with Gasteiger partial charge in [0.1, 0.15) is 0 Å². The summed E-state index contributed by atoms with van der Waals surface area (Å²) in [6, 6.07) is 20.0. The lowest BCUT2D eigenvalue weighted by atomic mass is 9.66. The van der Waals surface area contributed by atoms with Crippen LogP contribution in [0.15, 0.2) is 82.4 Å². The molecule has 5 rings (SSSR count). The lowest BCUT2D eigenvalue weighted by molar-refractivity contribution is 0.122. The maximum absolute atomic E-state index is 6.34. The minimum atomic E-state index is 0.132. The molecule has 5 nitrogen and oxygen atoms in total. The Kier molecular flexibility index (Phi) is 8.37. The molecule has 1 atom stereocenters. The third-order valence-electron chi connectivity index (χ3n) is 7.05. The van der Waals surface area contributed by atoms with E-state index in [1.54, 1.807) is 0 Å². The van der Waals surface area contributed by atoms with Crippen LogP contribution < -0.4 is 16.4 Å². The van der Waals surface area contributed by atoms with Crippen LogP contribution in [-0.4, -0.2) is 50.7 Å². The molecule has 2 fully saturated rings. The predicted molar refractivity (Wildman–Crippen MR) is 144 cm³/mol. The molecule has 0 spiro atoms. The van der Waals surface area contributed by atoms with Crippen molar-refractivity contribution in [3.05, 3.63) is 83.1 Å². The summed E-state index contributed by atoms with van der Waals surface area (Å²) >= 11 is 1.90. The third-order valence-corrected chi connectivity index (χ3v) is 8.10. The number of ether oxygens (including phenoxy) is 1. The Morgan fingerprint density at radius 1 is 0.971 bits per heavy atom.